The van der Waals surface area contributed by atoms with E-state index in [0.29, 0.717) is 12.8 Å². The van der Waals surface area contributed by atoms with Crippen molar-refractivity contribution in [3.63, 3.8) is 0 Å². The number of hydrazone groups is 2. The van der Waals surface area contributed by atoms with Crippen LogP contribution < -0.4 is 10.9 Å². The zero-order chi connectivity index (χ0) is 28.7. The lowest BCUT2D eigenvalue weighted by Crippen LogP contribution is -2.19. The Kier molecular flexibility index (Phi) is 7.95. The minimum atomic E-state index is -0.183. The van der Waals surface area contributed by atoms with Crippen molar-refractivity contribution in [1.82, 2.24) is 10.9 Å². The van der Waals surface area contributed by atoms with Crippen LogP contribution in [0.1, 0.15) is 36.8 Å². The van der Waals surface area contributed by atoms with Crippen molar-refractivity contribution < 1.29 is 9.59 Å². The van der Waals surface area contributed by atoms with E-state index >= 15 is 0 Å². The molecule has 0 saturated heterocycles. The number of nitrogens with zero attached hydrogens (tertiary/aromatic N) is 2. The molecule has 0 heterocycles. The third-order valence-electron chi connectivity index (χ3n) is 7.45. The third-order valence-corrected chi connectivity index (χ3v) is 7.45. The summed E-state index contributed by atoms with van der Waals surface area (Å²) in [5.74, 6) is -0.367. The van der Waals surface area contributed by atoms with Crippen molar-refractivity contribution in [3.8, 4) is 0 Å². The van der Waals surface area contributed by atoms with Gasteiger partial charge >= 0.3 is 0 Å². The molecule has 0 atom stereocenters. The molecule has 2 N–H and O–H groups in total. The summed E-state index contributed by atoms with van der Waals surface area (Å²) in [5, 5.41) is 17.3. The minimum absolute atomic E-state index is 0.183. The molecule has 0 spiro atoms. The van der Waals surface area contributed by atoms with Crippen molar-refractivity contribution in [2.45, 2.75) is 25.7 Å². The summed E-state index contributed by atoms with van der Waals surface area (Å²) in [6.45, 7) is 0. The Hall–Kier alpha value is -5.36. The second kappa shape index (κ2) is 12.4. The molecule has 6 rings (SSSR count). The van der Waals surface area contributed by atoms with Gasteiger partial charge in [0.05, 0.1) is 12.4 Å². The average Bonchev–Trinajstić information content (AvgIpc) is 3.02. The Balaban J connectivity index is 1.01. The number of benzene rings is 6. The molecule has 0 unspecified atom stereocenters. The quantitative estimate of drug-likeness (QED) is 0.0848. The fourth-order valence-electron chi connectivity index (χ4n) is 5.40. The Labute approximate surface area is 243 Å². The van der Waals surface area contributed by atoms with Gasteiger partial charge in [0.2, 0.25) is 11.8 Å². The van der Waals surface area contributed by atoms with Crippen LogP contribution in [0.3, 0.4) is 0 Å². The molecule has 0 bridgehead atoms. The van der Waals surface area contributed by atoms with Gasteiger partial charge < -0.3 is 0 Å². The maximum Gasteiger partial charge on any atom is 0.240 e. The van der Waals surface area contributed by atoms with Gasteiger partial charge in [0, 0.05) is 24.0 Å². The number of nitrogens with one attached hydrogen (secondary N) is 2. The molecule has 6 aromatic carbocycles. The molecule has 0 fully saturated rings. The van der Waals surface area contributed by atoms with Gasteiger partial charge in [-0.1, -0.05) is 97.1 Å². The maximum atomic E-state index is 12.4. The van der Waals surface area contributed by atoms with Crippen LogP contribution in [0.25, 0.3) is 43.1 Å². The van der Waals surface area contributed by atoms with E-state index in [1.807, 2.05) is 48.5 Å². The summed E-state index contributed by atoms with van der Waals surface area (Å²) in [7, 11) is 0. The zero-order valence-corrected chi connectivity index (χ0v) is 23.1. The fraction of sp³-hybridized carbons (Fsp3) is 0.111. The Morgan fingerprint density at radius 1 is 0.500 bits per heavy atom. The first-order valence-corrected chi connectivity index (χ1v) is 14.1. The maximum absolute atomic E-state index is 12.4. The number of carbonyl (C=O) groups is 2. The van der Waals surface area contributed by atoms with Gasteiger partial charge in [-0.3, -0.25) is 9.59 Å². The lowest BCUT2D eigenvalue weighted by Gasteiger charge is -2.08. The van der Waals surface area contributed by atoms with E-state index in [9.17, 15) is 9.59 Å². The van der Waals surface area contributed by atoms with E-state index < -0.39 is 0 Å². The topological polar surface area (TPSA) is 82.9 Å². The van der Waals surface area contributed by atoms with Crippen LogP contribution in [-0.4, -0.2) is 24.2 Å². The number of amides is 2. The first kappa shape index (κ1) is 26.8. The SMILES string of the molecule is O=C(CCCCC(=O)N/N=C/c1c2ccccc2cc2ccccc12)N/N=C/c1c2ccccc2cc2ccccc12. The van der Waals surface area contributed by atoms with Crippen molar-refractivity contribution in [3.05, 3.63) is 120 Å². The lowest BCUT2D eigenvalue weighted by molar-refractivity contribution is -0.123. The Bertz CT molecular complexity index is 1740. The van der Waals surface area contributed by atoms with Crippen LogP contribution in [-0.2, 0) is 9.59 Å². The van der Waals surface area contributed by atoms with Crippen molar-refractivity contribution in [2.75, 3.05) is 0 Å². The van der Waals surface area contributed by atoms with E-state index in [2.05, 4.69) is 81.7 Å². The Morgan fingerprint density at radius 3 is 1.14 bits per heavy atom. The van der Waals surface area contributed by atoms with E-state index in [4.69, 9.17) is 0 Å². The number of hydrogen-bond donors (Lipinski definition) is 2. The van der Waals surface area contributed by atoms with Gasteiger partial charge in [-0.2, -0.15) is 10.2 Å². The molecular formula is C36H30N4O2. The number of fused-ring (bicyclic) bond motifs is 4. The second-order valence-electron chi connectivity index (χ2n) is 10.3. The molecule has 0 aliphatic heterocycles. The normalized spacial score (nSPS) is 11.7. The summed E-state index contributed by atoms with van der Waals surface area (Å²) >= 11 is 0. The van der Waals surface area contributed by atoms with Crippen molar-refractivity contribution >= 4 is 67.3 Å². The number of unbranched alkanes of at least 4 members (excludes halogenated alkanes) is 1. The lowest BCUT2D eigenvalue weighted by atomic mass is 9.97. The number of rotatable bonds is 9. The molecule has 6 heteroatoms. The summed E-state index contributed by atoms with van der Waals surface area (Å²) in [5.41, 5.74) is 7.21. The highest BCUT2D eigenvalue weighted by Gasteiger charge is 2.08. The molecule has 0 radical (unpaired) electrons. The summed E-state index contributed by atoms with van der Waals surface area (Å²) in [6.07, 6.45) is 5.14. The molecule has 6 aromatic rings. The first-order valence-electron chi connectivity index (χ1n) is 14.1. The van der Waals surface area contributed by atoms with Gasteiger partial charge in [-0.15, -0.1) is 0 Å². The number of hydrogen-bond acceptors (Lipinski definition) is 4. The molecule has 42 heavy (non-hydrogen) atoms. The summed E-state index contributed by atoms with van der Waals surface area (Å²) in [6, 6.07) is 36.9. The van der Waals surface area contributed by atoms with E-state index in [-0.39, 0.29) is 24.7 Å². The zero-order valence-electron chi connectivity index (χ0n) is 23.1. The first-order chi connectivity index (χ1) is 20.7. The van der Waals surface area contributed by atoms with Crippen LogP contribution in [0, 0.1) is 0 Å². The fourth-order valence-corrected chi connectivity index (χ4v) is 5.40. The standard InChI is InChI=1S/C36H30N4O2/c41-35(39-37-23-33-29-15-5-1-11-25(29)21-26-12-2-6-16-30(26)33)19-9-10-20-36(42)40-38-24-34-31-17-7-3-13-27(31)22-28-14-4-8-18-32(28)34/h1-8,11-18,21-24H,9-10,19-20H2,(H,39,41)(H,40,42)/b37-23+,38-24+. The highest BCUT2D eigenvalue weighted by Crippen LogP contribution is 2.28. The van der Waals surface area contributed by atoms with Gasteiger partial charge in [0.1, 0.15) is 0 Å². The average molecular weight is 551 g/mol. The third kappa shape index (κ3) is 5.88. The molecule has 2 amide bonds. The summed E-state index contributed by atoms with van der Waals surface area (Å²) in [4.78, 5) is 24.8. The molecule has 6 nitrogen and oxygen atoms in total. The van der Waals surface area contributed by atoms with Crippen molar-refractivity contribution in [2.24, 2.45) is 10.2 Å². The minimum Gasteiger partial charge on any atom is -0.273 e. The predicted molar refractivity (Wildman–Crippen MR) is 173 cm³/mol. The highest BCUT2D eigenvalue weighted by atomic mass is 16.2. The predicted octanol–water partition coefficient (Wildman–Crippen LogP) is 7.46. The van der Waals surface area contributed by atoms with Crippen molar-refractivity contribution in [1.29, 1.82) is 0 Å². The molecule has 0 saturated carbocycles. The number of carbonyl (C=O) groups excluding carboxylic acids is 2. The van der Waals surface area contributed by atoms with Gasteiger partial charge in [-0.25, -0.2) is 10.9 Å². The molecule has 206 valence electrons. The van der Waals surface area contributed by atoms with Crippen LogP contribution in [0.4, 0.5) is 0 Å². The molecule has 0 aromatic heterocycles. The van der Waals surface area contributed by atoms with Gasteiger partial charge in [0.25, 0.3) is 0 Å². The smallest absolute Gasteiger partial charge is 0.240 e. The van der Waals surface area contributed by atoms with Crippen LogP contribution >= 0.6 is 0 Å². The molecular weight excluding hydrogens is 520 g/mol. The Morgan fingerprint density at radius 2 is 0.810 bits per heavy atom. The van der Waals surface area contributed by atoms with Crippen LogP contribution in [0.15, 0.2) is 119 Å². The second-order valence-corrected chi connectivity index (χ2v) is 10.3. The summed E-state index contributed by atoms with van der Waals surface area (Å²) < 4.78 is 0. The van der Waals surface area contributed by atoms with Crippen LogP contribution in [0.2, 0.25) is 0 Å². The van der Waals surface area contributed by atoms with Gasteiger partial charge in [0.15, 0.2) is 0 Å². The van der Waals surface area contributed by atoms with E-state index in [1.54, 1.807) is 12.4 Å². The van der Waals surface area contributed by atoms with E-state index in [0.717, 1.165) is 54.2 Å². The molecule has 0 aliphatic carbocycles. The largest absolute Gasteiger partial charge is 0.273 e. The highest BCUT2D eigenvalue weighted by molar-refractivity contribution is 6.14. The molecule has 0 aliphatic rings. The monoisotopic (exact) mass is 550 g/mol. The van der Waals surface area contributed by atoms with E-state index in [1.165, 1.54) is 0 Å². The van der Waals surface area contributed by atoms with Crippen LogP contribution in [0.5, 0.6) is 0 Å². The van der Waals surface area contributed by atoms with Gasteiger partial charge in [-0.05, 0) is 68.1 Å².